The summed E-state index contributed by atoms with van der Waals surface area (Å²) in [5.41, 5.74) is 1.64. The van der Waals surface area contributed by atoms with Crippen LogP contribution in [0, 0.1) is 5.82 Å². The molecule has 1 atom stereocenters. The topological polar surface area (TPSA) is 58.2 Å². The molecule has 2 amide bonds. The van der Waals surface area contributed by atoms with Crippen molar-refractivity contribution in [1.82, 2.24) is 0 Å². The Hall–Kier alpha value is -2.35. The van der Waals surface area contributed by atoms with Crippen LogP contribution in [0.25, 0.3) is 0 Å². The Balaban J connectivity index is 1.62. The summed E-state index contributed by atoms with van der Waals surface area (Å²) in [4.78, 5) is 25.9. The number of halogens is 3. The standard InChI is InChI=1S/C24H21BrClFN2O2S/c1-2-22(24(31)29-21-11-8-16(25)13-20(21)27)32-19-5-3-4-18(14-19)28-23(30)12-15-6-9-17(26)10-7-15/h3-11,13-14,22H,2,12H2,1H3,(H,28,30)(H,29,31). The second-order valence-corrected chi connectivity index (χ2v) is 9.64. The van der Waals surface area contributed by atoms with Crippen LogP contribution in [-0.2, 0) is 16.0 Å². The predicted octanol–water partition coefficient (Wildman–Crippen LogP) is 6.93. The summed E-state index contributed by atoms with van der Waals surface area (Å²) in [5.74, 6) is -0.932. The second-order valence-electron chi connectivity index (χ2n) is 7.01. The van der Waals surface area contributed by atoms with E-state index in [9.17, 15) is 14.0 Å². The van der Waals surface area contributed by atoms with Gasteiger partial charge in [0.15, 0.2) is 0 Å². The smallest absolute Gasteiger partial charge is 0.237 e. The number of thioether (sulfide) groups is 1. The number of amides is 2. The van der Waals surface area contributed by atoms with Crippen molar-refractivity contribution in [2.75, 3.05) is 10.6 Å². The third kappa shape index (κ3) is 7.08. The van der Waals surface area contributed by atoms with Crippen LogP contribution in [0.3, 0.4) is 0 Å². The molecule has 3 aromatic carbocycles. The quantitative estimate of drug-likeness (QED) is 0.307. The van der Waals surface area contributed by atoms with E-state index in [0.29, 0.717) is 21.6 Å². The van der Waals surface area contributed by atoms with Gasteiger partial charge in [-0.05, 0) is 60.5 Å². The SMILES string of the molecule is CCC(Sc1cccc(NC(=O)Cc2ccc(Cl)cc2)c1)C(=O)Nc1ccc(Br)cc1F. The molecular weight excluding hydrogens is 515 g/mol. The van der Waals surface area contributed by atoms with Gasteiger partial charge in [-0.3, -0.25) is 9.59 Å². The first-order chi connectivity index (χ1) is 15.3. The number of nitrogens with one attached hydrogen (secondary N) is 2. The van der Waals surface area contributed by atoms with Gasteiger partial charge in [-0.25, -0.2) is 4.39 Å². The Bertz CT molecular complexity index is 1110. The first kappa shape index (κ1) is 24.3. The summed E-state index contributed by atoms with van der Waals surface area (Å²) in [6.07, 6.45) is 0.787. The molecule has 0 aromatic heterocycles. The molecule has 1 unspecified atom stereocenters. The van der Waals surface area contributed by atoms with Crippen molar-refractivity contribution in [3.63, 3.8) is 0 Å². The van der Waals surface area contributed by atoms with Crippen LogP contribution in [0.2, 0.25) is 5.02 Å². The molecule has 4 nitrogen and oxygen atoms in total. The van der Waals surface area contributed by atoms with E-state index in [2.05, 4.69) is 26.6 Å². The van der Waals surface area contributed by atoms with Crippen molar-refractivity contribution < 1.29 is 14.0 Å². The molecule has 166 valence electrons. The van der Waals surface area contributed by atoms with Crippen LogP contribution in [0.5, 0.6) is 0 Å². The zero-order valence-electron chi connectivity index (χ0n) is 17.2. The molecule has 0 saturated carbocycles. The van der Waals surface area contributed by atoms with Crippen LogP contribution in [0.4, 0.5) is 15.8 Å². The summed E-state index contributed by atoms with van der Waals surface area (Å²) < 4.78 is 14.7. The van der Waals surface area contributed by atoms with Crippen molar-refractivity contribution in [3.05, 3.63) is 87.6 Å². The minimum atomic E-state index is -0.502. The number of hydrogen-bond acceptors (Lipinski definition) is 3. The number of rotatable bonds is 8. The second kappa shape index (κ2) is 11.5. The summed E-state index contributed by atoms with van der Waals surface area (Å²) in [7, 11) is 0. The maximum absolute atomic E-state index is 14.1. The van der Waals surface area contributed by atoms with Gasteiger partial charge in [-0.2, -0.15) is 0 Å². The summed E-state index contributed by atoms with van der Waals surface area (Å²) >= 11 is 10.4. The highest BCUT2D eigenvalue weighted by molar-refractivity contribution is 9.10. The van der Waals surface area contributed by atoms with Gasteiger partial charge in [0.05, 0.1) is 17.4 Å². The summed E-state index contributed by atoms with van der Waals surface area (Å²) in [6, 6.07) is 18.9. The normalized spacial score (nSPS) is 11.6. The van der Waals surface area contributed by atoms with Crippen LogP contribution < -0.4 is 10.6 Å². The fourth-order valence-corrected chi connectivity index (χ4v) is 4.40. The van der Waals surface area contributed by atoms with Crippen LogP contribution in [0.15, 0.2) is 76.1 Å². The van der Waals surface area contributed by atoms with Crippen molar-refractivity contribution in [1.29, 1.82) is 0 Å². The lowest BCUT2D eigenvalue weighted by Gasteiger charge is -2.16. The lowest BCUT2D eigenvalue weighted by atomic mass is 10.1. The van der Waals surface area contributed by atoms with Crippen LogP contribution in [0.1, 0.15) is 18.9 Å². The van der Waals surface area contributed by atoms with Crippen molar-refractivity contribution >= 4 is 62.5 Å². The monoisotopic (exact) mass is 534 g/mol. The molecule has 0 bridgehead atoms. The first-order valence-corrected chi connectivity index (χ1v) is 12.0. The van der Waals surface area contributed by atoms with Gasteiger partial charge < -0.3 is 10.6 Å². The Kier molecular flexibility index (Phi) is 8.73. The zero-order valence-corrected chi connectivity index (χ0v) is 20.4. The first-order valence-electron chi connectivity index (χ1n) is 9.91. The van der Waals surface area contributed by atoms with E-state index in [1.165, 1.54) is 23.9 Å². The van der Waals surface area contributed by atoms with E-state index in [1.54, 1.807) is 24.3 Å². The molecule has 0 saturated heterocycles. The third-order valence-corrected chi connectivity index (χ3v) is 6.63. The average molecular weight is 536 g/mol. The molecule has 32 heavy (non-hydrogen) atoms. The highest BCUT2D eigenvalue weighted by atomic mass is 79.9. The van der Waals surface area contributed by atoms with Gasteiger partial charge in [-0.1, -0.05) is 52.7 Å². The van der Waals surface area contributed by atoms with Gasteiger partial charge in [0.2, 0.25) is 11.8 Å². The summed E-state index contributed by atoms with van der Waals surface area (Å²) in [6.45, 7) is 1.90. The minimum absolute atomic E-state index is 0.139. The third-order valence-electron chi connectivity index (χ3n) is 4.53. The molecule has 0 aliphatic heterocycles. The molecule has 8 heteroatoms. The highest BCUT2D eigenvalue weighted by Crippen LogP contribution is 2.29. The van der Waals surface area contributed by atoms with Gasteiger partial charge >= 0.3 is 0 Å². The minimum Gasteiger partial charge on any atom is -0.326 e. The molecule has 2 N–H and O–H groups in total. The highest BCUT2D eigenvalue weighted by Gasteiger charge is 2.19. The number of carbonyl (C=O) groups is 2. The molecule has 0 radical (unpaired) electrons. The fourth-order valence-electron chi connectivity index (χ4n) is 2.93. The predicted molar refractivity (Wildman–Crippen MR) is 133 cm³/mol. The maximum atomic E-state index is 14.1. The number of anilines is 2. The fraction of sp³-hybridized carbons (Fsp3) is 0.167. The molecule has 0 spiro atoms. The van der Waals surface area contributed by atoms with Gasteiger partial charge in [0.1, 0.15) is 5.82 Å². The number of hydrogen-bond donors (Lipinski definition) is 2. The van der Waals surface area contributed by atoms with Crippen LogP contribution in [-0.4, -0.2) is 17.1 Å². The lowest BCUT2D eigenvalue weighted by molar-refractivity contribution is -0.116. The molecule has 0 fully saturated rings. The van der Waals surface area contributed by atoms with E-state index in [-0.39, 0.29) is 23.9 Å². The van der Waals surface area contributed by atoms with E-state index in [1.807, 2.05) is 37.3 Å². The van der Waals surface area contributed by atoms with Gasteiger partial charge in [-0.15, -0.1) is 11.8 Å². The Morgan fingerprint density at radius 1 is 1.06 bits per heavy atom. The lowest BCUT2D eigenvalue weighted by Crippen LogP contribution is -2.25. The number of benzene rings is 3. The van der Waals surface area contributed by atoms with Crippen molar-refractivity contribution in [2.24, 2.45) is 0 Å². The van der Waals surface area contributed by atoms with E-state index in [4.69, 9.17) is 11.6 Å². The Labute approximate surface area is 204 Å². The largest absolute Gasteiger partial charge is 0.326 e. The van der Waals surface area contributed by atoms with Gasteiger partial charge in [0.25, 0.3) is 0 Å². The molecule has 0 heterocycles. The zero-order chi connectivity index (χ0) is 23.1. The molecular formula is C24H21BrClFN2O2S. The molecule has 3 rings (SSSR count). The van der Waals surface area contributed by atoms with Gasteiger partial charge in [0, 0.05) is 20.1 Å². The van der Waals surface area contributed by atoms with Crippen molar-refractivity contribution in [3.8, 4) is 0 Å². The molecule has 0 aliphatic carbocycles. The summed E-state index contributed by atoms with van der Waals surface area (Å²) in [5, 5.41) is 5.73. The van der Waals surface area contributed by atoms with Crippen molar-refractivity contribution in [2.45, 2.75) is 29.9 Å². The van der Waals surface area contributed by atoms with E-state index < -0.39 is 11.1 Å². The molecule has 3 aromatic rings. The number of carbonyl (C=O) groups excluding carboxylic acids is 2. The van der Waals surface area contributed by atoms with E-state index >= 15 is 0 Å². The van der Waals surface area contributed by atoms with E-state index in [0.717, 1.165) is 10.5 Å². The molecule has 0 aliphatic rings. The Morgan fingerprint density at radius 2 is 1.81 bits per heavy atom. The Morgan fingerprint density at radius 3 is 2.50 bits per heavy atom. The maximum Gasteiger partial charge on any atom is 0.237 e. The average Bonchev–Trinajstić information content (AvgIpc) is 2.75. The van der Waals surface area contributed by atoms with Crippen LogP contribution >= 0.6 is 39.3 Å².